The van der Waals surface area contributed by atoms with Crippen LogP contribution in [0, 0.1) is 3.57 Å². The van der Waals surface area contributed by atoms with E-state index in [1.165, 1.54) is 7.11 Å². The fourth-order valence-electron chi connectivity index (χ4n) is 2.21. The van der Waals surface area contributed by atoms with Crippen molar-refractivity contribution in [2.24, 2.45) is 0 Å². The molecule has 0 spiro atoms. The van der Waals surface area contributed by atoms with Gasteiger partial charge in [0.1, 0.15) is 3.57 Å². The molecule has 1 aromatic heterocycles. The number of ether oxygens (including phenoxy) is 1. The molecule has 0 fully saturated rings. The summed E-state index contributed by atoms with van der Waals surface area (Å²) in [5, 5.41) is 0.463. The van der Waals surface area contributed by atoms with Gasteiger partial charge in [0.2, 0.25) is 5.43 Å². The van der Waals surface area contributed by atoms with Crippen molar-refractivity contribution in [3.8, 4) is 17.1 Å². The molecule has 2 N–H and O–H groups in total. The molecule has 3 aromatic rings. The molecule has 21 heavy (non-hydrogen) atoms. The summed E-state index contributed by atoms with van der Waals surface area (Å²) >= 11 is 2.01. The summed E-state index contributed by atoms with van der Waals surface area (Å²) in [6.45, 7) is 0. The van der Waals surface area contributed by atoms with E-state index in [-0.39, 0.29) is 5.43 Å². The summed E-state index contributed by atoms with van der Waals surface area (Å²) in [6, 6.07) is 12.8. The van der Waals surface area contributed by atoms with Crippen molar-refractivity contribution >= 4 is 39.2 Å². The number of nitrogen functional groups attached to an aromatic ring is 1. The Balaban J connectivity index is 2.43. The van der Waals surface area contributed by atoms with Gasteiger partial charge in [0, 0.05) is 5.56 Å². The van der Waals surface area contributed by atoms with E-state index < -0.39 is 0 Å². The van der Waals surface area contributed by atoms with Gasteiger partial charge in [-0.2, -0.15) is 0 Å². The third-order valence-corrected chi connectivity index (χ3v) is 4.21. The van der Waals surface area contributed by atoms with Gasteiger partial charge in [-0.05, 0) is 34.7 Å². The largest absolute Gasteiger partial charge is 0.491 e. The lowest BCUT2D eigenvalue weighted by molar-refractivity contribution is 0.412. The van der Waals surface area contributed by atoms with Gasteiger partial charge in [-0.25, -0.2) is 0 Å². The van der Waals surface area contributed by atoms with Crippen LogP contribution in [0.2, 0.25) is 0 Å². The molecule has 0 atom stereocenters. The minimum atomic E-state index is -0.0889. The minimum absolute atomic E-state index is 0.0889. The summed E-state index contributed by atoms with van der Waals surface area (Å²) < 4.78 is 11.8. The van der Waals surface area contributed by atoms with Crippen LogP contribution in [0.1, 0.15) is 0 Å². The standard InChI is InChI=1S/C16H12INO3/c1-20-16-11(18)8-7-10-13(19)12(17)14(21-15(10)16)9-5-3-2-4-6-9/h2-8H,18H2,1H3. The molecule has 1 heterocycles. The maximum Gasteiger partial charge on any atom is 0.206 e. The van der Waals surface area contributed by atoms with E-state index in [0.717, 1.165) is 5.56 Å². The second kappa shape index (κ2) is 5.40. The van der Waals surface area contributed by atoms with Crippen molar-refractivity contribution in [1.82, 2.24) is 0 Å². The zero-order chi connectivity index (χ0) is 15.0. The molecule has 0 aliphatic carbocycles. The monoisotopic (exact) mass is 393 g/mol. The average molecular weight is 393 g/mol. The van der Waals surface area contributed by atoms with Gasteiger partial charge in [-0.1, -0.05) is 30.3 Å². The minimum Gasteiger partial charge on any atom is -0.491 e. The molecule has 0 bridgehead atoms. The number of benzene rings is 2. The van der Waals surface area contributed by atoms with E-state index in [9.17, 15) is 4.79 Å². The highest BCUT2D eigenvalue weighted by Gasteiger charge is 2.17. The molecular formula is C16H12INO3. The first kappa shape index (κ1) is 13.9. The summed E-state index contributed by atoms with van der Waals surface area (Å²) in [5.74, 6) is 0.913. The fraction of sp³-hybridized carbons (Fsp3) is 0.0625. The van der Waals surface area contributed by atoms with E-state index in [0.29, 0.717) is 31.7 Å². The molecule has 0 unspecified atom stereocenters. The molecule has 4 nitrogen and oxygen atoms in total. The van der Waals surface area contributed by atoms with Crippen molar-refractivity contribution < 1.29 is 9.15 Å². The highest BCUT2D eigenvalue weighted by atomic mass is 127. The molecule has 0 saturated heterocycles. The molecule has 0 amide bonds. The normalized spacial score (nSPS) is 10.8. The lowest BCUT2D eigenvalue weighted by atomic mass is 10.1. The quantitative estimate of drug-likeness (QED) is 0.533. The van der Waals surface area contributed by atoms with Gasteiger partial charge in [0.15, 0.2) is 17.1 Å². The number of hydrogen-bond donors (Lipinski definition) is 1. The SMILES string of the molecule is COc1c(N)ccc2c(=O)c(I)c(-c3ccccc3)oc12. The Kier molecular flexibility index (Phi) is 3.59. The topological polar surface area (TPSA) is 65.5 Å². The average Bonchev–Trinajstić information content (AvgIpc) is 2.51. The first-order chi connectivity index (χ1) is 10.1. The number of nitrogens with two attached hydrogens (primary N) is 1. The maximum absolute atomic E-state index is 12.5. The van der Waals surface area contributed by atoms with Gasteiger partial charge < -0.3 is 14.9 Å². The summed E-state index contributed by atoms with van der Waals surface area (Å²) in [5.41, 5.74) is 7.45. The number of rotatable bonds is 2. The van der Waals surface area contributed by atoms with Crippen LogP contribution < -0.4 is 15.9 Å². The zero-order valence-electron chi connectivity index (χ0n) is 11.2. The van der Waals surface area contributed by atoms with Crippen LogP contribution in [0.3, 0.4) is 0 Å². The Hall–Kier alpha value is -2.02. The van der Waals surface area contributed by atoms with Crippen molar-refractivity contribution in [2.75, 3.05) is 12.8 Å². The molecule has 2 aromatic carbocycles. The fourth-order valence-corrected chi connectivity index (χ4v) is 2.92. The highest BCUT2D eigenvalue weighted by molar-refractivity contribution is 14.1. The Morgan fingerprint density at radius 2 is 1.86 bits per heavy atom. The van der Waals surface area contributed by atoms with Crippen molar-refractivity contribution in [1.29, 1.82) is 0 Å². The van der Waals surface area contributed by atoms with Crippen LogP contribution >= 0.6 is 22.6 Å². The summed E-state index contributed by atoms with van der Waals surface area (Å²) in [6.07, 6.45) is 0. The second-order valence-electron chi connectivity index (χ2n) is 4.51. The lowest BCUT2D eigenvalue weighted by Crippen LogP contribution is -2.08. The van der Waals surface area contributed by atoms with Crippen LogP contribution in [-0.4, -0.2) is 7.11 Å². The Labute approximate surface area is 134 Å². The maximum atomic E-state index is 12.5. The van der Waals surface area contributed by atoms with E-state index in [1.54, 1.807) is 12.1 Å². The van der Waals surface area contributed by atoms with Crippen LogP contribution in [0.5, 0.6) is 5.75 Å². The smallest absolute Gasteiger partial charge is 0.206 e. The number of anilines is 1. The van der Waals surface area contributed by atoms with E-state index in [4.69, 9.17) is 14.9 Å². The molecule has 3 rings (SSSR count). The molecule has 0 saturated carbocycles. The van der Waals surface area contributed by atoms with Gasteiger partial charge in [0.05, 0.1) is 18.2 Å². The van der Waals surface area contributed by atoms with Crippen LogP contribution in [0.25, 0.3) is 22.3 Å². The molecule has 0 aliphatic rings. The number of fused-ring (bicyclic) bond motifs is 1. The summed E-state index contributed by atoms with van der Waals surface area (Å²) in [4.78, 5) is 12.5. The number of hydrogen-bond acceptors (Lipinski definition) is 4. The van der Waals surface area contributed by atoms with Crippen LogP contribution in [0.4, 0.5) is 5.69 Å². The predicted octanol–water partition coefficient (Wildman–Crippen LogP) is 3.66. The van der Waals surface area contributed by atoms with Crippen LogP contribution in [0.15, 0.2) is 51.7 Å². The molecular weight excluding hydrogens is 381 g/mol. The van der Waals surface area contributed by atoms with Crippen molar-refractivity contribution in [3.63, 3.8) is 0 Å². The third-order valence-electron chi connectivity index (χ3n) is 3.23. The van der Waals surface area contributed by atoms with Crippen molar-refractivity contribution in [2.45, 2.75) is 0 Å². The second-order valence-corrected chi connectivity index (χ2v) is 5.58. The van der Waals surface area contributed by atoms with Gasteiger partial charge in [-0.3, -0.25) is 4.79 Å². The number of methoxy groups -OCH3 is 1. The zero-order valence-corrected chi connectivity index (χ0v) is 13.4. The Bertz CT molecular complexity index is 872. The Morgan fingerprint density at radius 3 is 2.52 bits per heavy atom. The first-order valence-corrected chi connectivity index (χ1v) is 7.35. The van der Waals surface area contributed by atoms with Gasteiger partial charge in [0.25, 0.3) is 0 Å². The molecule has 0 radical (unpaired) electrons. The predicted molar refractivity (Wildman–Crippen MR) is 91.6 cm³/mol. The van der Waals surface area contributed by atoms with E-state index in [2.05, 4.69) is 0 Å². The van der Waals surface area contributed by atoms with Gasteiger partial charge in [-0.15, -0.1) is 0 Å². The Morgan fingerprint density at radius 1 is 1.14 bits per heavy atom. The van der Waals surface area contributed by atoms with Crippen molar-refractivity contribution in [3.05, 3.63) is 56.3 Å². The van der Waals surface area contributed by atoms with E-state index in [1.807, 2.05) is 52.9 Å². The van der Waals surface area contributed by atoms with E-state index >= 15 is 0 Å². The third kappa shape index (κ3) is 2.27. The van der Waals surface area contributed by atoms with Crippen LogP contribution in [-0.2, 0) is 0 Å². The summed E-state index contributed by atoms with van der Waals surface area (Å²) in [7, 11) is 1.51. The lowest BCUT2D eigenvalue weighted by Gasteiger charge is -2.10. The molecule has 106 valence electrons. The van der Waals surface area contributed by atoms with Gasteiger partial charge >= 0.3 is 0 Å². The highest BCUT2D eigenvalue weighted by Crippen LogP contribution is 2.34. The number of halogens is 1. The first-order valence-electron chi connectivity index (χ1n) is 6.27. The molecule has 0 aliphatic heterocycles. The molecule has 5 heteroatoms.